The van der Waals surface area contributed by atoms with E-state index < -0.39 is 23.7 Å². The van der Waals surface area contributed by atoms with Crippen molar-refractivity contribution >= 4 is 12.0 Å². The highest BCUT2D eigenvalue weighted by Crippen LogP contribution is 2.23. The summed E-state index contributed by atoms with van der Waals surface area (Å²) in [7, 11) is 0. The fraction of sp³-hybridized carbons (Fsp3) is 0.444. The molecule has 2 heterocycles. The van der Waals surface area contributed by atoms with Crippen LogP contribution in [0.15, 0.2) is 28.8 Å². The number of amides is 2. The molecule has 0 saturated carbocycles. The first-order valence-corrected chi connectivity index (χ1v) is 8.71. The smallest absolute Gasteiger partial charge is 0.318 e. The summed E-state index contributed by atoms with van der Waals surface area (Å²) in [6, 6.07) is 4.85. The molecule has 0 aliphatic carbocycles. The summed E-state index contributed by atoms with van der Waals surface area (Å²) in [5, 5.41) is 15.8. The number of carboxylic acid groups (broad SMARTS) is 1. The van der Waals surface area contributed by atoms with Crippen LogP contribution in [0.5, 0.6) is 0 Å². The molecular weight excluding hydrogens is 355 g/mol. The van der Waals surface area contributed by atoms with Gasteiger partial charge in [0.05, 0.1) is 5.92 Å². The highest BCUT2D eigenvalue weighted by atomic mass is 19.1. The molecule has 9 heteroatoms. The highest BCUT2D eigenvalue weighted by molar-refractivity contribution is 5.77. The van der Waals surface area contributed by atoms with Crippen molar-refractivity contribution in [2.24, 2.45) is 11.8 Å². The van der Waals surface area contributed by atoms with Crippen LogP contribution in [0.4, 0.5) is 9.18 Å². The number of nitrogens with one attached hydrogen (secondary N) is 1. The number of halogens is 1. The summed E-state index contributed by atoms with van der Waals surface area (Å²) < 4.78 is 18.5. The maximum atomic E-state index is 13.3. The molecule has 1 aliphatic rings. The zero-order valence-electron chi connectivity index (χ0n) is 15.1. The van der Waals surface area contributed by atoms with Crippen molar-refractivity contribution in [1.82, 2.24) is 20.4 Å². The number of aliphatic carboxylic acids is 1. The third kappa shape index (κ3) is 4.42. The quantitative estimate of drug-likeness (QED) is 0.849. The van der Waals surface area contributed by atoms with E-state index in [1.54, 1.807) is 19.1 Å². The van der Waals surface area contributed by atoms with Crippen molar-refractivity contribution in [2.45, 2.75) is 26.3 Å². The van der Waals surface area contributed by atoms with Gasteiger partial charge in [0.1, 0.15) is 11.9 Å². The predicted molar refractivity (Wildman–Crippen MR) is 93.1 cm³/mol. The monoisotopic (exact) mass is 376 g/mol. The molecule has 1 aromatic heterocycles. The van der Waals surface area contributed by atoms with E-state index in [9.17, 15) is 19.1 Å². The number of carboxylic acids is 1. The van der Waals surface area contributed by atoms with Gasteiger partial charge in [-0.1, -0.05) is 24.2 Å². The molecule has 8 nitrogen and oxygen atoms in total. The summed E-state index contributed by atoms with van der Waals surface area (Å²) in [5.74, 6) is -1.37. The van der Waals surface area contributed by atoms with Gasteiger partial charge >= 0.3 is 12.0 Å². The molecule has 1 aliphatic heterocycles. The lowest BCUT2D eigenvalue weighted by atomic mass is 9.91. The number of aromatic nitrogens is 2. The summed E-state index contributed by atoms with van der Waals surface area (Å²) in [5.41, 5.74) is 0.470. The van der Waals surface area contributed by atoms with E-state index in [0.717, 1.165) is 0 Å². The van der Waals surface area contributed by atoms with Crippen molar-refractivity contribution in [1.29, 1.82) is 0 Å². The minimum Gasteiger partial charge on any atom is -0.481 e. The van der Waals surface area contributed by atoms with Gasteiger partial charge in [-0.05, 0) is 31.4 Å². The first kappa shape index (κ1) is 18.8. The van der Waals surface area contributed by atoms with E-state index in [4.69, 9.17) is 4.52 Å². The van der Waals surface area contributed by atoms with Crippen molar-refractivity contribution < 1.29 is 23.6 Å². The fourth-order valence-electron chi connectivity index (χ4n) is 3.19. The van der Waals surface area contributed by atoms with E-state index in [-0.39, 0.29) is 30.2 Å². The van der Waals surface area contributed by atoms with Crippen LogP contribution in [0.1, 0.15) is 32.2 Å². The Kier molecular flexibility index (Phi) is 5.38. The first-order valence-electron chi connectivity index (χ1n) is 8.71. The average molecular weight is 376 g/mol. The lowest BCUT2D eigenvalue weighted by molar-refractivity contribution is -0.143. The molecule has 3 atom stereocenters. The minimum absolute atomic E-state index is 0.101. The van der Waals surface area contributed by atoms with Gasteiger partial charge in [-0.25, -0.2) is 9.18 Å². The van der Waals surface area contributed by atoms with Gasteiger partial charge < -0.3 is 19.8 Å². The van der Waals surface area contributed by atoms with Gasteiger partial charge in [-0.2, -0.15) is 4.98 Å². The number of rotatable bonds is 4. The SMILES string of the molecule is CC1CC(C(=O)O)CN(C(=O)NC(C)c2nc(-c3cccc(F)c3)no2)C1. The molecule has 3 rings (SSSR count). The minimum atomic E-state index is -0.899. The first-order chi connectivity index (χ1) is 12.8. The van der Waals surface area contributed by atoms with Crippen molar-refractivity contribution in [3.8, 4) is 11.4 Å². The van der Waals surface area contributed by atoms with E-state index in [1.165, 1.54) is 17.0 Å². The molecule has 3 unspecified atom stereocenters. The Morgan fingerprint density at radius 3 is 2.89 bits per heavy atom. The Bertz CT molecular complexity index is 840. The van der Waals surface area contributed by atoms with Crippen molar-refractivity contribution in [3.05, 3.63) is 36.0 Å². The van der Waals surface area contributed by atoms with Gasteiger partial charge in [0.25, 0.3) is 0 Å². The molecule has 2 amide bonds. The summed E-state index contributed by atoms with van der Waals surface area (Å²) in [6.07, 6.45) is 0.551. The fourth-order valence-corrected chi connectivity index (χ4v) is 3.19. The number of nitrogens with zero attached hydrogens (tertiary/aromatic N) is 3. The number of piperidine rings is 1. The van der Waals surface area contributed by atoms with Gasteiger partial charge in [0, 0.05) is 18.7 Å². The topological polar surface area (TPSA) is 109 Å². The van der Waals surface area contributed by atoms with E-state index in [1.807, 2.05) is 6.92 Å². The standard InChI is InChI=1S/C18H21FN4O4/c1-10-6-13(17(24)25)9-23(8-10)18(26)20-11(2)16-21-15(22-27-16)12-4-3-5-14(19)7-12/h3-5,7,10-11,13H,6,8-9H2,1-2H3,(H,20,26)(H,24,25). The number of hydrogen-bond donors (Lipinski definition) is 2. The van der Waals surface area contributed by atoms with Crippen LogP contribution in [-0.4, -0.2) is 45.2 Å². The molecule has 144 valence electrons. The Morgan fingerprint density at radius 1 is 1.41 bits per heavy atom. The Labute approximate surface area is 155 Å². The number of urea groups is 1. The molecule has 27 heavy (non-hydrogen) atoms. The maximum absolute atomic E-state index is 13.3. The molecule has 1 saturated heterocycles. The number of likely N-dealkylation sites (tertiary alicyclic amines) is 1. The number of carbonyl (C=O) groups excluding carboxylic acids is 1. The molecule has 2 aromatic rings. The number of hydrogen-bond acceptors (Lipinski definition) is 5. The summed E-state index contributed by atoms with van der Waals surface area (Å²) in [4.78, 5) is 29.5. The van der Waals surface area contributed by atoms with Crippen LogP contribution in [0.2, 0.25) is 0 Å². The molecule has 0 radical (unpaired) electrons. The molecular formula is C18H21FN4O4. The summed E-state index contributed by atoms with van der Waals surface area (Å²) in [6.45, 7) is 4.25. The second kappa shape index (κ2) is 7.73. The second-order valence-electron chi connectivity index (χ2n) is 6.92. The highest BCUT2D eigenvalue weighted by Gasteiger charge is 2.32. The van der Waals surface area contributed by atoms with E-state index >= 15 is 0 Å². The lowest BCUT2D eigenvalue weighted by Crippen LogP contribution is -2.49. The average Bonchev–Trinajstić information content (AvgIpc) is 3.11. The van der Waals surface area contributed by atoms with Crippen LogP contribution < -0.4 is 5.32 Å². The van der Waals surface area contributed by atoms with Crippen LogP contribution in [-0.2, 0) is 4.79 Å². The third-order valence-electron chi connectivity index (χ3n) is 4.53. The van der Waals surface area contributed by atoms with Crippen LogP contribution in [0, 0.1) is 17.7 Å². The van der Waals surface area contributed by atoms with Crippen LogP contribution >= 0.6 is 0 Å². The number of benzene rings is 1. The second-order valence-corrected chi connectivity index (χ2v) is 6.92. The van der Waals surface area contributed by atoms with Gasteiger partial charge in [-0.3, -0.25) is 4.79 Å². The van der Waals surface area contributed by atoms with E-state index in [0.29, 0.717) is 18.5 Å². The Morgan fingerprint density at radius 2 is 2.19 bits per heavy atom. The predicted octanol–water partition coefficient (Wildman–Crippen LogP) is 2.69. The molecule has 1 fully saturated rings. The molecule has 0 spiro atoms. The lowest BCUT2D eigenvalue weighted by Gasteiger charge is -2.35. The zero-order chi connectivity index (χ0) is 19.6. The number of carbonyl (C=O) groups is 2. The van der Waals surface area contributed by atoms with Crippen molar-refractivity contribution in [2.75, 3.05) is 13.1 Å². The Balaban J connectivity index is 1.66. The summed E-state index contributed by atoms with van der Waals surface area (Å²) >= 11 is 0. The molecule has 1 aromatic carbocycles. The van der Waals surface area contributed by atoms with Crippen LogP contribution in [0.3, 0.4) is 0 Å². The van der Waals surface area contributed by atoms with E-state index in [2.05, 4.69) is 15.5 Å². The Hall–Kier alpha value is -2.97. The normalized spacial score (nSPS) is 20.9. The van der Waals surface area contributed by atoms with Crippen molar-refractivity contribution in [3.63, 3.8) is 0 Å². The van der Waals surface area contributed by atoms with Crippen LogP contribution in [0.25, 0.3) is 11.4 Å². The van der Waals surface area contributed by atoms with Gasteiger partial charge in [0.15, 0.2) is 0 Å². The molecule has 2 N–H and O–H groups in total. The largest absolute Gasteiger partial charge is 0.481 e. The maximum Gasteiger partial charge on any atom is 0.318 e. The zero-order valence-corrected chi connectivity index (χ0v) is 15.1. The van der Waals surface area contributed by atoms with Gasteiger partial charge in [0.2, 0.25) is 11.7 Å². The van der Waals surface area contributed by atoms with Gasteiger partial charge in [-0.15, -0.1) is 0 Å². The third-order valence-corrected chi connectivity index (χ3v) is 4.53. The molecule has 0 bridgehead atoms.